The summed E-state index contributed by atoms with van der Waals surface area (Å²) in [7, 11) is 1.29. The van der Waals surface area contributed by atoms with E-state index in [9.17, 15) is 9.59 Å². The SMILES string of the molecule is COC(=O)C1CC(=O)N(c2cc(Cl)nc(Cl)n2)C1. The smallest absolute Gasteiger partial charge is 0.311 e. The highest BCUT2D eigenvalue weighted by Gasteiger charge is 2.36. The number of rotatable bonds is 2. The Morgan fingerprint density at radius 2 is 2.22 bits per heavy atom. The van der Waals surface area contributed by atoms with E-state index in [1.807, 2.05) is 0 Å². The number of carbonyl (C=O) groups excluding carboxylic acids is 2. The molecule has 1 aliphatic rings. The van der Waals surface area contributed by atoms with Crippen molar-refractivity contribution in [2.75, 3.05) is 18.6 Å². The lowest BCUT2D eigenvalue weighted by atomic mass is 10.1. The number of hydrogen-bond donors (Lipinski definition) is 0. The summed E-state index contributed by atoms with van der Waals surface area (Å²) in [4.78, 5) is 32.1. The molecule has 1 aliphatic heterocycles. The van der Waals surface area contributed by atoms with Gasteiger partial charge in [0.05, 0.1) is 13.0 Å². The van der Waals surface area contributed by atoms with Crippen LogP contribution in [0.3, 0.4) is 0 Å². The zero-order valence-corrected chi connectivity index (χ0v) is 10.9. The number of nitrogens with zero attached hydrogens (tertiary/aromatic N) is 3. The number of carbonyl (C=O) groups is 2. The van der Waals surface area contributed by atoms with Crippen LogP contribution >= 0.6 is 23.2 Å². The van der Waals surface area contributed by atoms with Crippen LogP contribution in [0.4, 0.5) is 5.82 Å². The van der Waals surface area contributed by atoms with Gasteiger partial charge in [-0.1, -0.05) is 11.6 Å². The molecule has 0 spiro atoms. The normalized spacial score (nSPS) is 19.2. The predicted octanol–water partition coefficient (Wildman–Crippen LogP) is 1.31. The molecule has 0 saturated carbocycles. The van der Waals surface area contributed by atoms with Gasteiger partial charge in [0.15, 0.2) is 0 Å². The van der Waals surface area contributed by atoms with Crippen LogP contribution in [0.25, 0.3) is 0 Å². The molecule has 1 aromatic rings. The molecule has 0 radical (unpaired) electrons. The number of ether oxygens (including phenoxy) is 1. The first-order chi connectivity index (χ1) is 8.51. The molecule has 1 unspecified atom stereocenters. The quantitative estimate of drug-likeness (QED) is 0.466. The minimum atomic E-state index is -0.491. The third-order valence-electron chi connectivity index (χ3n) is 2.59. The van der Waals surface area contributed by atoms with E-state index in [1.165, 1.54) is 18.1 Å². The zero-order valence-electron chi connectivity index (χ0n) is 9.39. The zero-order chi connectivity index (χ0) is 13.3. The van der Waals surface area contributed by atoms with Crippen molar-refractivity contribution in [3.63, 3.8) is 0 Å². The van der Waals surface area contributed by atoms with Gasteiger partial charge in [0.1, 0.15) is 11.0 Å². The summed E-state index contributed by atoms with van der Waals surface area (Å²) in [6.07, 6.45) is 0.0892. The van der Waals surface area contributed by atoms with Crippen LogP contribution in [-0.4, -0.2) is 35.5 Å². The van der Waals surface area contributed by atoms with Crippen molar-refractivity contribution in [3.8, 4) is 0 Å². The van der Waals surface area contributed by atoms with Crippen LogP contribution in [0.2, 0.25) is 10.4 Å². The molecular weight excluding hydrogens is 281 g/mol. The van der Waals surface area contributed by atoms with E-state index in [1.54, 1.807) is 0 Å². The Kier molecular flexibility index (Phi) is 3.68. The summed E-state index contributed by atoms with van der Waals surface area (Å²) < 4.78 is 4.61. The summed E-state index contributed by atoms with van der Waals surface area (Å²) in [6.45, 7) is 0.204. The molecule has 2 rings (SSSR count). The fourth-order valence-electron chi connectivity index (χ4n) is 1.77. The molecule has 0 aromatic carbocycles. The van der Waals surface area contributed by atoms with Crippen molar-refractivity contribution in [3.05, 3.63) is 16.5 Å². The van der Waals surface area contributed by atoms with Gasteiger partial charge >= 0.3 is 5.97 Å². The van der Waals surface area contributed by atoms with E-state index < -0.39 is 11.9 Å². The second-order valence-corrected chi connectivity index (χ2v) is 4.47. The van der Waals surface area contributed by atoms with E-state index in [-0.39, 0.29) is 35.1 Å². The van der Waals surface area contributed by atoms with Gasteiger partial charge in [0.25, 0.3) is 0 Å². The maximum absolute atomic E-state index is 11.8. The maximum Gasteiger partial charge on any atom is 0.311 e. The molecule has 1 amide bonds. The summed E-state index contributed by atoms with van der Waals surface area (Å²) in [5.74, 6) is -0.847. The molecule has 1 saturated heterocycles. The average molecular weight is 290 g/mol. The molecule has 0 bridgehead atoms. The number of amides is 1. The number of hydrogen-bond acceptors (Lipinski definition) is 5. The first-order valence-electron chi connectivity index (χ1n) is 5.09. The highest BCUT2D eigenvalue weighted by Crippen LogP contribution is 2.26. The van der Waals surface area contributed by atoms with Crippen LogP contribution < -0.4 is 4.90 Å². The Balaban J connectivity index is 2.24. The summed E-state index contributed by atoms with van der Waals surface area (Å²) >= 11 is 11.4. The van der Waals surface area contributed by atoms with Gasteiger partial charge in [-0.3, -0.25) is 14.5 Å². The van der Waals surface area contributed by atoms with E-state index in [4.69, 9.17) is 23.2 Å². The van der Waals surface area contributed by atoms with Crippen molar-refractivity contribution in [2.24, 2.45) is 5.92 Å². The first kappa shape index (κ1) is 13.0. The number of anilines is 1. The third-order valence-corrected chi connectivity index (χ3v) is 2.95. The van der Waals surface area contributed by atoms with Crippen molar-refractivity contribution in [1.29, 1.82) is 0 Å². The third kappa shape index (κ3) is 2.54. The van der Waals surface area contributed by atoms with Gasteiger partial charge in [-0.2, -0.15) is 0 Å². The van der Waals surface area contributed by atoms with Gasteiger partial charge in [-0.25, -0.2) is 9.97 Å². The van der Waals surface area contributed by atoms with Crippen LogP contribution in [-0.2, 0) is 14.3 Å². The van der Waals surface area contributed by atoms with Crippen molar-refractivity contribution >= 4 is 40.9 Å². The Morgan fingerprint density at radius 1 is 1.50 bits per heavy atom. The molecule has 0 N–H and O–H groups in total. The second kappa shape index (κ2) is 5.07. The van der Waals surface area contributed by atoms with Gasteiger partial charge in [-0.15, -0.1) is 0 Å². The topological polar surface area (TPSA) is 72.4 Å². The molecule has 6 nitrogen and oxygen atoms in total. The Hall–Kier alpha value is -1.40. The Morgan fingerprint density at radius 3 is 2.83 bits per heavy atom. The van der Waals surface area contributed by atoms with E-state index in [0.717, 1.165) is 0 Å². The molecule has 1 aromatic heterocycles. The van der Waals surface area contributed by atoms with Crippen molar-refractivity contribution < 1.29 is 14.3 Å². The summed E-state index contributed by atoms with van der Waals surface area (Å²) in [5.41, 5.74) is 0. The molecule has 8 heteroatoms. The van der Waals surface area contributed by atoms with Gasteiger partial charge < -0.3 is 4.74 Å². The van der Waals surface area contributed by atoms with Crippen LogP contribution in [0, 0.1) is 5.92 Å². The fourth-order valence-corrected chi connectivity index (χ4v) is 2.17. The van der Waals surface area contributed by atoms with E-state index in [2.05, 4.69) is 14.7 Å². The molecule has 1 atom stereocenters. The molecule has 1 fully saturated rings. The highest BCUT2D eigenvalue weighted by molar-refractivity contribution is 6.32. The molecular formula is C10H9Cl2N3O3. The Labute approximate surface area is 113 Å². The standard InChI is InChI=1S/C10H9Cl2N3O3/c1-18-9(17)5-2-8(16)15(4-5)7-3-6(11)13-10(12)14-7/h3,5H,2,4H2,1H3. The lowest BCUT2D eigenvalue weighted by molar-refractivity contribution is -0.145. The number of halogens is 2. The van der Waals surface area contributed by atoms with Crippen LogP contribution in [0.15, 0.2) is 6.07 Å². The van der Waals surface area contributed by atoms with Crippen molar-refractivity contribution in [1.82, 2.24) is 9.97 Å². The van der Waals surface area contributed by atoms with Gasteiger partial charge in [-0.05, 0) is 11.6 Å². The molecule has 2 heterocycles. The predicted molar refractivity (Wildman–Crippen MR) is 64.5 cm³/mol. The largest absolute Gasteiger partial charge is 0.469 e. The Bertz CT molecular complexity index is 489. The minimum absolute atomic E-state index is 0.0492. The summed E-state index contributed by atoms with van der Waals surface area (Å²) in [6, 6.07) is 1.42. The first-order valence-corrected chi connectivity index (χ1v) is 5.85. The van der Waals surface area contributed by atoms with Crippen LogP contribution in [0.1, 0.15) is 6.42 Å². The lowest BCUT2D eigenvalue weighted by Gasteiger charge is -2.15. The minimum Gasteiger partial charge on any atom is -0.469 e. The molecule has 96 valence electrons. The number of methoxy groups -OCH3 is 1. The van der Waals surface area contributed by atoms with Gasteiger partial charge in [0, 0.05) is 19.0 Å². The average Bonchev–Trinajstić information content (AvgIpc) is 2.69. The highest BCUT2D eigenvalue weighted by atomic mass is 35.5. The monoisotopic (exact) mass is 289 g/mol. The maximum atomic E-state index is 11.8. The number of aromatic nitrogens is 2. The fraction of sp³-hybridized carbons (Fsp3) is 0.400. The molecule has 18 heavy (non-hydrogen) atoms. The van der Waals surface area contributed by atoms with Crippen LogP contribution in [0.5, 0.6) is 0 Å². The van der Waals surface area contributed by atoms with E-state index in [0.29, 0.717) is 0 Å². The summed E-state index contributed by atoms with van der Waals surface area (Å²) in [5, 5.41) is 0.0890. The second-order valence-electron chi connectivity index (χ2n) is 3.75. The van der Waals surface area contributed by atoms with E-state index >= 15 is 0 Å². The van der Waals surface area contributed by atoms with Crippen molar-refractivity contribution in [2.45, 2.75) is 6.42 Å². The van der Waals surface area contributed by atoms with Gasteiger partial charge in [0.2, 0.25) is 11.2 Å². The lowest BCUT2D eigenvalue weighted by Crippen LogP contribution is -2.27. The molecule has 0 aliphatic carbocycles. The number of esters is 1.